The van der Waals surface area contributed by atoms with E-state index in [9.17, 15) is 4.79 Å². The van der Waals surface area contributed by atoms with Crippen molar-refractivity contribution in [2.24, 2.45) is 11.8 Å². The van der Waals surface area contributed by atoms with Crippen molar-refractivity contribution in [3.8, 4) is 0 Å². The molecular formula is C14H18ClN3O. The Hall–Kier alpha value is -1.16. The molecule has 0 N–H and O–H groups in total. The first kappa shape index (κ1) is 12.9. The number of carbonyl (C=O) groups is 1. The van der Waals surface area contributed by atoms with E-state index < -0.39 is 0 Å². The SMILES string of the molecule is Cc1cc(C(=O)N(CC2CC2)CC2CC2)nc(Cl)n1. The molecule has 2 fully saturated rings. The van der Waals surface area contributed by atoms with Crippen molar-refractivity contribution in [2.75, 3.05) is 13.1 Å². The summed E-state index contributed by atoms with van der Waals surface area (Å²) in [7, 11) is 0. The normalized spacial score (nSPS) is 18.4. The lowest BCUT2D eigenvalue weighted by molar-refractivity contribution is 0.0733. The van der Waals surface area contributed by atoms with E-state index in [1.165, 1.54) is 25.7 Å². The van der Waals surface area contributed by atoms with Gasteiger partial charge in [-0.05, 0) is 62.1 Å². The smallest absolute Gasteiger partial charge is 0.272 e. The highest BCUT2D eigenvalue weighted by molar-refractivity contribution is 6.28. The Morgan fingerprint density at radius 3 is 2.32 bits per heavy atom. The number of halogens is 1. The van der Waals surface area contributed by atoms with Crippen molar-refractivity contribution in [3.63, 3.8) is 0 Å². The zero-order valence-corrected chi connectivity index (χ0v) is 11.9. The minimum atomic E-state index is 0.00574. The van der Waals surface area contributed by atoms with Gasteiger partial charge in [0, 0.05) is 18.8 Å². The Labute approximate surface area is 118 Å². The van der Waals surface area contributed by atoms with Crippen LogP contribution in [0.2, 0.25) is 5.28 Å². The highest BCUT2D eigenvalue weighted by Crippen LogP contribution is 2.34. The van der Waals surface area contributed by atoms with Crippen LogP contribution in [0.1, 0.15) is 41.9 Å². The number of amides is 1. The van der Waals surface area contributed by atoms with Crippen LogP contribution in [0.5, 0.6) is 0 Å². The molecule has 0 bridgehead atoms. The van der Waals surface area contributed by atoms with Crippen LogP contribution >= 0.6 is 11.6 Å². The number of aryl methyl sites for hydroxylation is 1. The van der Waals surface area contributed by atoms with E-state index in [-0.39, 0.29) is 11.2 Å². The van der Waals surface area contributed by atoms with Crippen molar-refractivity contribution in [1.82, 2.24) is 14.9 Å². The summed E-state index contributed by atoms with van der Waals surface area (Å²) in [6.07, 6.45) is 4.99. The van der Waals surface area contributed by atoms with Gasteiger partial charge in [-0.2, -0.15) is 0 Å². The summed E-state index contributed by atoms with van der Waals surface area (Å²) in [6.45, 7) is 3.57. The molecule has 0 spiro atoms. The van der Waals surface area contributed by atoms with E-state index >= 15 is 0 Å². The van der Waals surface area contributed by atoms with Gasteiger partial charge in [-0.3, -0.25) is 4.79 Å². The predicted octanol–water partition coefficient (Wildman–Crippen LogP) is 2.70. The van der Waals surface area contributed by atoms with E-state index in [1.807, 2.05) is 11.8 Å². The lowest BCUT2D eigenvalue weighted by Crippen LogP contribution is -2.35. The van der Waals surface area contributed by atoms with Crippen LogP contribution in [0.4, 0.5) is 0 Å². The highest BCUT2D eigenvalue weighted by Gasteiger charge is 2.32. The molecule has 1 aromatic rings. The first-order chi connectivity index (χ1) is 9.11. The number of aromatic nitrogens is 2. The van der Waals surface area contributed by atoms with Gasteiger partial charge in [0.05, 0.1) is 0 Å². The third kappa shape index (κ3) is 3.44. The fourth-order valence-corrected chi connectivity index (χ4v) is 2.49. The molecule has 0 unspecified atom stereocenters. The van der Waals surface area contributed by atoms with Gasteiger partial charge in [0.2, 0.25) is 5.28 Å². The third-order valence-electron chi connectivity index (χ3n) is 3.68. The number of carbonyl (C=O) groups excluding carboxylic acids is 1. The highest BCUT2D eigenvalue weighted by atomic mass is 35.5. The molecule has 3 rings (SSSR count). The summed E-state index contributed by atoms with van der Waals surface area (Å²) in [4.78, 5) is 22.6. The maximum atomic E-state index is 12.6. The van der Waals surface area contributed by atoms with E-state index in [1.54, 1.807) is 6.07 Å². The summed E-state index contributed by atoms with van der Waals surface area (Å²) in [6, 6.07) is 1.72. The molecule has 19 heavy (non-hydrogen) atoms. The molecule has 1 heterocycles. The minimum Gasteiger partial charge on any atom is -0.337 e. The lowest BCUT2D eigenvalue weighted by atomic mass is 10.2. The molecule has 0 atom stereocenters. The van der Waals surface area contributed by atoms with Gasteiger partial charge in [-0.25, -0.2) is 9.97 Å². The number of rotatable bonds is 5. The average Bonchev–Trinajstić information content (AvgIpc) is 3.20. The Morgan fingerprint density at radius 1 is 1.26 bits per heavy atom. The van der Waals surface area contributed by atoms with Crippen LogP contribution in [-0.2, 0) is 0 Å². The molecule has 5 heteroatoms. The first-order valence-electron chi connectivity index (χ1n) is 6.92. The van der Waals surface area contributed by atoms with Crippen LogP contribution in [-0.4, -0.2) is 33.9 Å². The predicted molar refractivity (Wildman–Crippen MR) is 73.1 cm³/mol. The van der Waals surface area contributed by atoms with E-state index in [0.29, 0.717) is 17.5 Å². The molecule has 1 amide bonds. The van der Waals surface area contributed by atoms with Crippen LogP contribution < -0.4 is 0 Å². The Balaban J connectivity index is 1.76. The first-order valence-corrected chi connectivity index (χ1v) is 7.30. The quantitative estimate of drug-likeness (QED) is 0.779. The zero-order chi connectivity index (χ0) is 13.4. The van der Waals surface area contributed by atoms with Gasteiger partial charge in [0.25, 0.3) is 5.91 Å². The van der Waals surface area contributed by atoms with Crippen LogP contribution in [0.3, 0.4) is 0 Å². The Morgan fingerprint density at radius 2 is 1.84 bits per heavy atom. The fourth-order valence-electron chi connectivity index (χ4n) is 2.27. The number of hydrogen-bond donors (Lipinski definition) is 0. The zero-order valence-electron chi connectivity index (χ0n) is 11.1. The van der Waals surface area contributed by atoms with E-state index in [0.717, 1.165) is 18.8 Å². The van der Waals surface area contributed by atoms with Gasteiger partial charge in [-0.15, -0.1) is 0 Å². The molecule has 1 aromatic heterocycles. The van der Waals surface area contributed by atoms with Crippen molar-refractivity contribution >= 4 is 17.5 Å². The van der Waals surface area contributed by atoms with E-state index in [4.69, 9.17) is 11.6 Å². The van der Waals surface area contributed by atoms with Crippen molar-refractivity contribution in [3.05, 3.63) is 22.7 Å². The van der Waals surface area contributed by atoms with Crippen LogP contribution in [0, 0.1) is 18.8 Å². The Bertz CT molecular complexity index is 463. The second-order valence-corrected chi connectivity index (χ2v) is 6.10. The second kappa shape index (κ2) is 5.08. The molecule has 102 valence electrons. The maximum Gasteiger partial charge on any atom is 0.272 e. The summed E-state index contributed by atoms with van der Waals surface area (Å²) < 4.78 is 0. The topological polar surface area (TPSA) is 46.1 Å². The van der Waals surface area contributed by atoms with Crippen LogP contribution in [0.25, 0.3) is 0 Å². The average molecular weight is 280 g/mol. The maximum absolute atomic E-state index is 12.6. The lowest BCUT2D eigenvalue weighted by Gasteiger charge is -2.22. The molecule has 2 saturated carbocycles. The minimum absolute atomic E-state index is 0.00574. The largest absolute Gasteiger partial charge is 0.337 e. The third-order valence-corrected chi connectivity index (χ3v) is 3.85. The number of nitrogens with zero attached hydrogens (tertiary/aromatic N) is 3. The Kier molecular flexibility index (Phi) is 3.44. The van der Waals surface area contributed by atoms with Crippen molar-refractivity contribution in [2.45, 2.75) is 32.6 Å². The van der Waals surface area contributed by atoms with E-state index in [2.05, 4.69) is 9.97 Å². The number of hydrogen-bond acceptors (Lipinski definition) is 3. The van der Waals surface area contributed by atoms with Gasteiger partial charge in [0.15, 0.2) is 0 Å². The molecule has 0 aromatic carbocycles. The summed E-state index contributed by atoms with van der Waals surface area (Å²) in [5.74, 6) is 1.40. The molecule has 2 aliphatic carbocycles. The summed E-state index contributed by atoms with van der Waals surface area (Å²) >= 11 is 5.84. The fraction of sp³-hybridized carbons (Fsp3) is 0.643. The van der Waals surface area contributed by atoms with Gasteiger partial charge < -0.3 is 4.90 Å². The molecule has 2 aliphatic rings. The molecule has 4 nitrogen and oxygen atoms in total. The van der Waals surface area contributed by atoms with Crippen molar-refractivity contribution < 1.29 is 4.79 Å². The second-order valence-electron chi connectivity index (χ2n) is 5.76. The molecule has 0 aliphatic heterocycles. The van der Waals surface area contributed by atoms with Gasteiger partial charge >= 0.3 is 0 Å². The molecule has 0 radical (unpaired) electrons. The summed E-state index contributed by atoms with van der Waals surface area (Å²) in [5.41, 5.74) is 1.17. The van der Waals surface area contributed by atoms with Gasteiger partial charge in [-0.1, -0.05) is 0 Å². The van der Waals surface area contributed by atoms with Crippen LogP contribution in [0.15, 0.2) is 6.07 Å². The standard InChI is InChI=1S/C14H18ClN3O/c1-9-6-12(17-14(15)16-9)13(19)18(7-10-2-3-10)8-11-4-5-11/h6,10-11H,2-5,7-8H2,1H3. The monoisotopic (exact) mass is 279 g/mol. The molecular weight excluding hydrogens is 262 g/mol. The van der Waals surface area contributed by atoms with Crippen molar-refractivity contribution in [1.29, 1.82) is 0 Å². The van der Waals surface area contributed by atoms with Gasteiger partial charge in [0.1, 0.15) is 5.69 Å². The summed E-state index contributed by atoms with van der Waals surface area (Å²) in [5, 5.41) is 0.154. The molecule has 0 saturated heterocycles.